The van der Waals surface area contributed by atoms with E-state index in [0.29, 0.717) is 44.6 Å². The molecule has 2 aliphatic rings. The molecule has 0 saturated carbocycles. The molecule has 4 heterocycles. The molecule has 2 aliphatic heterocycles. The summed E-state index contributed by atoms with van der Waals surface area (Å²) in [5.74, 6) is 1.55. The van der Waals surface area contributed by atoms with Crippen molar-refractivity contribution in [1.29, 1.82) is 0 Å². The second kappa shape index (κ2) is 20.6. The lowest BCUT2D eigenvalue weighted by molar-refractivity contribution is 0.0833. The SMILES string of the molecule is Cc1cnc(N(CCO[Si](C)(C)C(C)(C)C)C2CCOCC2)c(C=O)c1.Cc1cnc(N(CCO[Si](C)(C)C(C)(C)C)C2CCOCC2)c(COS(C)(=O)=O)c1. The van der Waals surface area contributed by atoms with E-state index in [4.69, 9.17) is 22.5 Å². The first-order chi connectivity index (χ1) is 26.0. The highest BCUT2D eigenvalue weighted by atomic mass is 32.2. The van der Waals surface area contributed by atoms with Gasteiger partial charge in [-0.05, 0) is 99.1 Å². The number of nitrogens with zero attached hydrogens (tertiary/aromatic N) is 4. The summed E-state index contributed by atoms with van der Waals surface area (Å²) in [6, 6.07) is 4.47. The maximum atomic E-state index is 11.6. The predicted molar refractivity (Wildman–Crippen MR) is 232 cm³/mol. The van der Waals surface area contributed by atoms with E-state index in [0.717, 1.165) is 86.3 Å². The van der Waals surface area contributed by atoms with Crippen LogP contribution in [0.15, 0.2) is 24.5 Å². The maximum Gasteiger partial charge on any atom is 0.264 e. The standard InChI is InChI=1S/C21H38N2O5SSi.C20H34N2O3Si/c1-17-14-18(16-27-29(5,24)25)20(22-15-17)23(19-8-11-26-12-9-19)10-13-28-30(6,7)21(2,3)4;1-16-13-17(15-23)19(21-14-16)22(18-7-10-24-11-8-18)9-12-25-26(5,6)20(2,3)4/h14-15,19H,8-13,16H2,1-7H3;13-15,18H,7-12H2,1-6H3. The van der Waals surface area contributed by atoms with Gasteiger partial charge in [0.15, 0.2) is 22.9 Å². The van der Waals surface area contributed by atoms with Gasteiger partial charge in [-0.3, -0.25) is 8.98 Å². The van der Waals surface area contributed by atoms with Crippen molar-refractivity contribution in [1.82, 2.24) is 9.97 Å². The molecule has 0 atom stereocenters. The summed E-state index contributed by atoms with van der Waals surface area (Å²) in [7, 11) is -7.20. The van der Waals surface area contributed by atoms with Crippen LogP contribution in [0.1, 0.15) is 94.3 Å². The molecule has 2 fully saturated rings. The molecule has 2 aromatic rings. The summed E-state index contributed by atoms with van der Waals surface area (Å²) < 4.78 is 52.1. The largest absolute Gasteiger partial charge is 0.415 e. The first kappa shape index (κ1) is 48.1. The van der Waals surface area contributed by atoms with Crippen molar-refractivity contribution >= 4 is 44.7 Å². The van der Waals surface area contributed by atoms with Gasteiger partial charge in [-0.15, -0.1) is 0 Å². The van der Waals surface area contributed by atoms with Gasteiger partial charge in [0, 0.05) is 69.6 Å². The minimum absolute atomic E-state index is 0.0222. The van der Waals surface area contributed by atoms with Crippen LogP contribution < -0.4 is 9.80 Å². The van der Waals surface area contributed by atoms with Gasteiger partial charge in [0.25, 0.3) is 10.1 Å². The second-order valence-electron chi connectivity index (χ2n) is 18.3. The third kappa shape index (κ3) is 14.5. The summed E-state index contributed by atoms with van der Waals surface area (Å²) in [6.45, 7) is 32.0. The van der Waals surface area contributed by atoms with E-state index in [1.165, 1.54) is 0 Å². The molecule has 0 radical (unpaired) electrons. The number of anilines is 2. The molecule has 4 rings (SSSR count). The summed E-state index contributed by atoms with van der Waals surface area (Å²) >= 11 is 0. The topological polar surface area (TPSA) is 130 Å². The molecule has 15 heteroatoms. The molecule has 0 spiro atoms. The lowest BCUT2D eigenvalue weighted by Crippen LogP contribution is -2.46. The number of hydrogen-bond acceptors (Lipinski definition) is 12. The minimum atomic E-state index is -3.54. The lowest BCUT2D eigenvalue weighted by Gasteiger charge is -2.39. The number of aromatic nitrogens is 2. The molecular weight excluding hydrogens is 765 g/mol. The summed E-state index contributed by atoms with van der Waals surface area (Å²) in [4.78, 5) is 25.4. The second-order valence-corrected chi connectivity index (χ2v) is 29.6. The predicted octanol–water partition coefficient (Wildman–Crippen LogP) is 8.08. The van der Waals surface area contributed by atoms with E-state index in [9.17, 15) is 13.2 Å². The van der Waals surface area contributed by atoms with Gasteiger partial charge < -0.3 is 28.1 Å². The first-order valence-electron chi connectivity index (χ1n) is 20.1. The van der Waals surface area contributed by atoms with Gasteiger partial charge in [-0.2, -0.15) is 8.42 Å². The van der Waals surface area contributed by atoms with E-state index in [2.05, 4.69) is 87.5 Å². The molecule has 318 valence electrons. The quantitative estimate of drug-likeness (QED) is 0.0921. The highest BCUT2D eigenvalue weighted by molar-refractivity contribution is 7.85. The van der Waals surface area contributed by atoms with Crippen LogP contribution in [0.5, 0.6) is 0 Å². The Balaban J connectivity index is 0.000000303. The molecule has 2 saturated heterocycles. The van der Waals surface area contributed by atoms with Gasteiger partial charge in [0.2, 0.25) is 0 Å². The van der Waals surface area contributed by atoms with E-state index in [1.807, 2.05) is 38.4 Å². The summed E-state index contributed by atoms with van der Waals surface area (Å²) in [6.07, 6.45) is 9.35. The van der Waals surface area contributed by atoms with Crippen molar-refractivity contribution in [2.24, 2.45) is 0 Å². The van der Waals surface area contributed by atoms with Crippen LogP contribution in [-0.4, -0.2) is 112 Å². The Morgan fingerprint density at radius 3 is 1.57 bits per heavy atom. The van der Waals surface area contributed by atoms with Crippen molar-refractivity contribution in [3.8, 4) is 0 Å². The Morgan fingerprint density at radius 1 is 0.750 bits per heavy atom. The number of pyridine rings is 2. The zero-order chi connectivity index (χ0) is 42.0. The van der Waals surface area contributed by atoms with Crippen LogP contribution in [0.3, 0.4) is 0 Å². The Kier molecular flexibility index (Phi) is 17.7. The number of ether oxygens (including phenoxy) is 2. The van der Waals surface area contributed by atoms with Gasteiger partial charge in [-0.1, -0.05) is 41.5 Å². The lowest BCUT2D eigenvalue weighted by atomic mass is 10.1. The number of carbonyl (C=O) groups excluding carboxylic acids is 1. The fourth-order valence-corrected chi connectivity index (χ4v) is 8.63. The third-order valence-corrected chi connectivity index (χ3v) is 21.3. The van der Waals surface area contributed by atoms with Crippen LogP contribution in [0, 0.1) is 13.8 Å². The molecule has 0 bridgehead atoms. The van der Waals surface area contributed by atoms with E-state index < -0.39 is 26.8 Å². The molecule has 0 unspecified atom stereocenters. The third-order valence-electron chi connectivity index (χ3n) is 11.7. The molecular formula is C41H72N4O8SSi2. The number of aldehydes is 1. The number of aryl methyl sites for hydroxylation is 2. The molecule has 0 N–H and O–H groups in total. The number of carbonyl (C=O) groups is 1. The zero-order valence-electron chi connectivity index (χ0n) is 36.7. The normalized spacial score (nSPS) is 16.6. The van der Waals surface area contributed by atoms with Crippen molar-refractivity contribution in [2.75, 3.05) is 68.8 Å². The average molecular weight is 837 g/mol. The molecule has 0 aliphatic carbocycles. The van der Waals surface area contributed by atoms with Crippen LogP contribution in [0.25, 0.3) is 0 Å². The fraction of sp³-hybridized carbons (Fsp3) is 0.732. The van der Waals surface area contributed by atoms with Gasteiger partial charge in [0.1, 0.15) is 11.6 Å². The highest BCUT2D eigenvalue weighted by Gasteiger charge is 2.38. The van der Waals surface area contributed by atoms with Crippen LogP contribution in [0.2, 0.25) is 36.3 Å². The number of hydrogen-bond donors (Lipinski definition) is 0. The summed E-state index contributed by atoms with van der Waals surface area (Å²) in [5, 5.41) is 0.333. The smallest absolute Gasteiger partial charge is 0.264 e. The van der Waals surface area contributed by atoms with Crippen molar-refractivity contribution in [3.63, 3.8) is 0 Å². The highest BCUT2D eigenvalue weighted by Crippen LogP contribution is 2.38. The first-order valence-corrected chi connectivity index (χ1v) is 27.8. The Labute approximate surface area is 340 Å². The van der Waals surface area contributed by atoms with Gasteiger partial charge in [0.05, 0.1) is 31.6 Å². The molecule has 56 heavy (non-hydrogen) atoms. The molecule has 2 aromatic heterocycles. The molecule has 12 nitrogen and oxygen atoms in total. The van der Waals surface area contributed by atoms with Crippen LogP contribution in [-0.2, 0) is 39.2 Å². The van der Waals surface area contributed by atoms with Gasteiger partial charge in [-0.25, -0.2) is 9.97 Å². The molecule has 0 aromatic carbocycles. The number of rotatable bonds is 16. The Hall–Kier alpha value is -2.25. The monoisotopic (exact) mass is 836 g/mol. The van der Waals surface area contributed by atoms with Crippen LogP contribution in [0.4, 0.5) is 11.6 Å². The maximum absolute atomic E-state index is 11.6. The Bertz CT molecular complexity index is 1650. The summed E-state index contributed by atoms with van der Waals surface area (Å²) in [5.41, 5.74) is 3.40. The van der Waals surface area contributed by atoms with E-state index in [1.54, 1.807) is 0 Å². The minimum Gasteiger partial charge on any atom is -0.415 e. The zero-order valence-corrected chi connectivity index (χ0v) is 39.5. The fourth-order valence-electron chi connectivity index (χ4n) is 6.22. The van der Waals surface area contributed by atoms with Crippen molar-refractivity contribution in [3.05, 3.63) is 46.8 Å². The molecule has 0 amide bonds. The van der Waals surface area contributed by atoms with E-state index >= 15 is 0 Å². The Morgan fingerprint density at radius 2 is 1.16 bits per heavy atom. The van der Waals surface area contributed by atoms with E-state index in [-0.39, 0.29) is 22.7 Å². The van der Waals surface area contributed by atoms with Crippen molar-refractivity contribution < 1.29 is 35.7 Å². The van der Waals surface area contributed by atoms with Crippen molar-refractivity contribution in [2.45, 2.75) is 136 Å². The van der Waals surface area contributed by atoms with Crippen LogP contribution >= 0.6 is 0 Å². The average Bonchev–Trinajstić information content (AvgIpc) is 3.11. The van der Waals surface area contributed by atoms with Gasteiger partial charge >= 0.3 is 0 Å².